The largest absolute Gasteiger partial charge is 0.399 e. The Bertz CT molecular complexity index is 292. The Balaban J connectivity index is 3.33. The number of nitrogens with two attached hydrogens (primary N) is 1. The summed E-state index contributed by atoms with van der Waals surface area (Å²) in [5.74, 6) is 0.431. The van der Waals surface area contributed by atoms with E-state index in [1.54, 1.807) is 0 Å². The summed E-state index contributed by atoms with van der Waals surface area (Å²) in [4.78, 5) is 0. The van der Waals surface area contributed by atoms with Gasteiger partial charge in [-0.15, -0.1) is 0 Å². The minimum atomic E-state index is 0.431. The van der Waals surface area contributed by atoms with Gasteiger partial charge in [0.15, 0.2) is 0 Å². The Labute approximate surface area is 78.5 Å². The Hall–Kier alpha value is -0.690. The molecule has 0 spiro atoms. The van der Waals surface area contributed by atoms with Gasteiger partial charge in [0.1, 0.15) is 0 Å². The first-order chi connectivity index (χ1) is 5.54. The van der Waals surface area contributed by atoms with Crippen LogP contribution in [0.1, 0.15) is 30.9 Å². The molecule has 0 radical (unpaired) electrons. The maximum absolute atomic E-state index is 6.04. The van der Waals surface area contributed by atoms with E-state index in [-0.39, 0.29) is 0 Å². The third kappa shape index (κ3) is 1.56. The van der Waals surface area contributed by atoms with Crippen LogP contribution in [0.2, 0.25) is 5.02 Å². The second-order valence-corrected chi connectivity index (χ2v) is 3.74. The fraction of sp³-hybridized carbons (Fsp3) is 0.400. The van der Waals surface area contributed by atoms with Crippen molar-refractivity contribution in [1.29, 1.82) is 0 Å². The average Bonchev–Trinajstić information content (AvgIpc) is 1.97. The molecule has 1 nitrogen and oxygen atoms in total. The normalized spacial score (nSPS) is 10.8. The van der Waals surface area contributed by atoms with Gasteiger partial charge in [-0.25, -0.2) is 0 Å². The van der Waals surface area contributed by atoms with E-state index in [1.807, 2.05) is 19.1 Å². The predicted octanol–water partition coefficient (Wildman–Crippen LogP) is 3.35. The Kier molecular flexibility index (Phi) is 2.63. The van der Waals surface area contributed by atoms with Crippen molar-refractivity contribution in [2.75, 3.05) is 5.73 Å². The minimum Gasteiger partial charge on any atom is -0.399 e. The van der Waals surface area contributed by atoms with Crippen LogP contribution in [0.4, 0.5) is 5.69 Å². The first-order valence-electron chi connectivity index (χ1n) is 4.08. The zero-order valence-corrected chi connectivity index (χ0v) is 8.44. The molecule has 2 heteroatoms. The van der Waals surface area contributed by atoms with Gasteiger partial charge < -0.3 is 5.73 Å². The van der Waals surface area contributed by atoms with Crippen LogP contribution < -0.4 is 5.73 Å². The van der Waals surface area contributed by atoms with Gasteiger partial charge in [0, 0.05) is 10.7 Å². The van der Waals surface area contributed by atoms with Gasteiger partial charge in [-0.3, -0.25) is 0 Å². The number of hydrogen-bond donors (Lipinski definition) is 1. The van der Waals surface area contributed by atoms with E-state index < -0.39 is 0 Å². The van der Waals surface area contributed by atoms with Gasteiger partial charge in [-0.2, -0.15) is 0 Å². The summed E-state index contributed by atoms with van der Waals surface area (Å²) >= 11 is 6.04. The van der Waals surface area contributed by atoms with Crippen LogP contribution in [0, 0.1) is 6.92 Å². The molecule has 0 fully saturated rings. The summed E-state index contributed by atoms with van der Waals surface area (Å²) in [7, 11) is 0. The topological polar surface area (TPSA) is 26.0 Å². The van der Waals surface area contributed by atoms with Crippen molar-refractivity contribution < 1.29 is 0 Å². The zero-order valence-electron chi connectivity index (χ0n) is 7.69. The molecule has 0 unspecified atom stereocenters. The van der Waals surface area contributed by atoms with E-state index in [0.29, 0.717) is 5.92 Å². The van der Waals surface area contributed by atoms with E-state index in [1.165, 1.54) is 0 Å². The molecule has 0 aliphatic heterocycles. The molecule has 0 saturated heterocycles. The number of anilines is 1. The predicted molar refractivity (Wildman–Crippen MR) is 54.7 cm³/mol. The van der Waals surface area contributed by atoms with Crippen LogP contribution in [-0.4, -0.2) is 0 Å². The summed E-state index contributed by atoms with van der Waals surface area (Å²) < 4.78 is 0. The smallest absolute Gasteiger partial charge is 0.0444 e. The molecule has 1 aromatic carbocycles. The Morgan fingerprint density at radius 3 is 2.33 bits per heavy atom. The second kappa shape index (κ2) is 3.36. The summed E-state index contributed by atoms with van der Waals surface area (Å²) in [5, 5.41) is 0.816. The average molecular weight is 184 g/mol. The Morgan fingerprint density at radius 2 is 1.92 bits per heavy atom. The molecule has 0 atom stereocenters. The highest BCUT2D eigenvalue weighted by atomic mass is 35.5. The van der Waals surface area contributed by atoms with Crippen molar-refractivity contribution in [2.24, 2.45) is 0 Å². The third-order valence-corrected chi connectivity index (χ3v) is 2.41. The lowest BCUT2D eigenvalue weighted by atomic mass is 9.97. The molecule has 0 saturated carbocycles. The van der Waals surface area contributed by atoms with Gasteiger partial charge in [0.2, 0.25) is 0 Å². The number of hydrogen-bond acceptors (Lipinski definition) is 1. The van der Waals surface area contributed by atoms with Crippen LogP contribution in [0.5, 0.6) is 0 Å². The molecule has 2 N–H and O–H groups in total. The number of halogens is 1. The van der Waals surface area contributed by atoms with Gasteiger partial charge >= 0.3 is 0 Å². The zero-order chi connectivity index (χ0) is 9.30. The van der Waals surface area contributed by atoms with Crippen LogP contribution >= 0.6 is 11.6 Å². The van der Waals surface area contributed by atoms with Gasteiger partial charge in [0.25, 0.3) is 0 Å². The molecule has 1 rings (SSSR count). The molecule has 66 valence electrons. The molecule has 0 bridgehead atoms. The number of nitrogen functional groups attached to an aromatic ring is 1. The summed E-state index contributed by atoms with van der Waals surface area (Å²) in [6.07, 6.45) is 0. The maximum atomic E-state index is 6.04. The molecule has 1 aromatic rings. The van der Waals surface area contributed by atoms with E-state index >= 15 is 0 Å². The fourth-order valence-corrected chi connectivity index (χ4v) is 1.84. The number of benzene rings is 1. The summed E-state index contributed by atoms with van der Waals surface area (Å²) in [6, 6.07) is 3.71. The van der Waals surface area contributed by atoms with Crippen molar-refractivity contribution in [2.45, 2.75) is 26.7 Å². The molecule has 0 aliphatic rings. The van der Waals surface area contributed by atoms with Crippen LogP contribution in [-0.2, 0) is 0 Å². The summed E-state index contributed by atoms with van der Waals surface area (Å²) in [5.41, 5.74) is 8.86. The van der Waals surface area contributed by atoms with E-state index in [4.69, 9.17) is 17.3 Å². The van der Waals surface area contributed by atoms with E-state index in [0.717, 1.165) is 21.8 Å². The lowest BCUT2D eigenvalue weighted by Crippen LogP contribution is -1.98. The van der Waals surface area contributed by atoms with Crippen molar-refractivity contribution >= 4 is 17.3 Å². The fourth-order valence-electron chi connectivity index (χ4n) is 1.42. The molecule has 12 heavy (non-hydrogen) atoms. The van der Waals surface area contributed by atoms with Gasteiger partial charge in [-0.1, -0.05) is 25.4 Å². The lowest BCUT2D eigenvalue weighted by Gasteiger charge is -2.13. The molecule has 0 aliphatic carbocycles. The van der Waals surface area contributed by atoms with Crippen molar-refractivity contribution in [3.8, 4) is 0 Å². The summed E-state index contributed by atoms with van der Waals surface area (Å²) in [6.45, 7) is 6.25. The van der Waals surface area contributed by atoms with Crippen molar-refractivity contribution in [3.05, 3.63) is 28.3 Å². The Morgan fingerprint density at radius 1 is 1.33 bits per heavy atom. The highest BCUT2D eigenvalue weighted by molar-refractivity contribution is 6.31. The molecular formula is C10H14ClN. The highest BCUT2D eigenvalue weighted by Crippen LogP contribution is 2.30. The van der Waals surface area contributed by atoms with Crippen molar-refractivity contribution in [1.82, 2.24) is 0 Å². The minimum absolute atomic E-state index is 0.431. The first-order valence-corrected chi connectivity index (χ1v) is 4.46. The number of rotatable bonds is 1. The molecular weight excluding hydrogens is 170 g/mol. The van der Waals surface area contributed by atoms with Crippen LogP contribution in [0.25, 0.3) is 0 Å². The maximum Gasteiger partial charge on any atom is 0.0444 e. The molecule has 0 amide bonds. The highest BCUT2D eigenvalue weighted by Gasteiger charge is 2.09. The lowest BCUT2D eigenvalue weighted by molar-refractivity contribution is 0.858. The quantitative estimate of drug-likeness (QED) is 0.664. The second-order valence-electron chi connectivity index (χ2n) is 3.33. The SMILES string of the molecule is Cc1c(N)ccc(Cl)c1C(C)C. The van der Waals surface area contributed by atoms with Gasteiger partial charge in [0.05, 0.1) is 0 Å². The van der Waals surface area contributed by atoms with E-state index in [2.05, 4.69) is 13.8 Å². The van der Waals surface area contributed by atoms with Gasteiger partial charge in [-0.05, 0) is 36.1 Å². The molecule has 0 heterocycles. The standard InChI is InChI=1S/C10H14ClN/c1-6(2)10-7(3)9(12)5-4-8(10)11/h4-6H,12H2,1-3H3. The van der Waals surface area contributed by atoms with E-state index in [9.17, 15) is 0 Å². The monoisotopic (exact) mass is 183 g/mol. The van der Waals surface area contributed by atoms with Crippen LogP contribution in [0.3, 0.4) is 0 Å². The third-order valence-electron chi connectivity index (χ3n) is 2.08. The van der Waals surface area contributed by atoms with Crippen molar-refractivity contribution in [3.63, 3.8) is 0 Å². The first kappa shape index (κ1) is 9.40. The molecule has 0 aromatic heterocycles. The van der Waals surface area contributed by atoms with Crippen LogP contribution in [0.15, 0.2) is 12.1 Å².